The summed E-state index contributed by atoms with van der Waals surface area (Å²) in [6.07, 6.45) is 1.41. The van der Waals surface area contributed by atoms with E-state index in [0.717, 1.165) is 10.9 Å². The van der Waals surface area contributed by atoms with Gasteiger partial charge in [-0.3, -0.25) is 0 Å². The van der Waals surface area contributed by atoms with E-state index in [1.165, 1.54) is 0 Å². The number of aryl methyl sites for hydroxylation is 1. The monoisotopic (exact) mass is 447 g/mol. The quantitative estimate of drug-likeness (QED) is 0.512. The molecular weight excluding hydrogens is 418 g/mol. The number of rotatable bonds is 6. The van der Waals surface area contributed by atoms with Crippen LogP contribution in [-0.4, -0.2) is 33.7 Å². The predicted octanol–water partition coefficient (Wildman–Crippen LogP) is 4.59. The minimum Gasteiger partial charge on any atom is -0.410 e. The fraction of sp³-hybridized carbons (Fsp3) is 0.667. The van der Waals surface area contributed by atoms with Gasteiger partial charge in [-0.2, -0.15) is 0 Å². The lowest BCUT2D eigenvalue weighted by molar-refractivity contribution is -0.0150. The number of hydrogen-bond donors (Lipinski definition) is 1. The summed E-state index contributed by atoms with van der Waals surface area (Å²) in [7, 11) is -5.37. The SMILES string of the molecule is Cc1ccc(S(=O)(=O)NC2CC(CBr)(O[Si](C)(C)C(C)(C)C)C2)cc1. The van der Waals surface area contributed by atoms with Crippen molar-refractivity contribution in [2.45, 2.75) is 75.2 Å². The molecule has 0 spiro atoms. The van der Waals surface area contributed by atoms with E-state index in [-0.39, 0.29) is 16.7 Å². The molecule has 0 radical (unpaired) electrons. The molecule has 0 amide bonds. The summed E-state index contributed by atoms with van der Waals surface area (Å²) in [4.78, 5) is 0.319. The molecule has 25 heavy (non-hydrogen) atoms. The molecule has 0 unspecified atom stereocenters. The third-order valence-electron chi connectivity index (χ3n) is 5.41. The Morgan fingerprint density at radius 2 is 1.76 bits per heavy atom. The van der Waals surface area contributed by atoms with Crippen molar-refractivity contribution < 1.29 is 12.8 Å². The summed E-state index contributed by atoms with van der Waals surface area (Å²) in [5, 5.41) is 0.865. The van der Waals surface area contributed by atoms with Crippen LogP contribution in [0.5, 0.6) is 0 Å². The number of alkyl halides is 1. The van der Waals surface area contributed by atoms with E-state index in [1.54, 1.807) is 12.1 Å². The highest BCUT2D eigenvalue weighted by atomic mass is 79.9. The third kappa shape index (κ3) is 4.74. The molecule has 0 aromatic heterocycles. The predicted molar refractivity (Wildman–Crippen MR) is 109 cm³/mol. The van der Waals surface area contributed by atoms with E-state index < -0.39 is 18.3 Å². The average molecular weight is 448 g/mol. The molecule has 0 atom stereocenters. The van der Waals surface area contributed by atoms with Gasteiger partial charge in [0.1, 0.15) is 0 Å². The number of halogens is 1. The molecule has 1 saturated carbocycles. The lowest BCUT2D eigenvalue weighted by Crippen LogP contribution is -2.62. The Bertz CT molecular complexity index is 705. The van der Waals surface area contributed by atoms with E-state index >= 15 is 0 Å². The Morgan fingerprint density at radius 1 is 1.24 bits per heavy atom. The van der Waals surface area contributed by atoms with Crippen molar-refractivity contribution in [3.05, 3.63) is 29.8 Å². The van der Waals surface area contributed by atoms with Crippen LogP contribution in [0, 0.1) is 6.92 Å². The minimum atomic E-state index is -3.48. The Morgan fingerprint density at radius 3 is 2.20 bits per heavy atom. The number of hydrogen-bond acceptors (Lipinski definition) is 3. The van der Waals surface area contributed by atoms with Crippen LogP contribution in [0.2, 0.25) is 18.1 Å². The van der Waals surface area contributed by atoms with Crippen molar-refractivity contribution in [1.82, 2.24) is 4.72 Å². The highest BCUT2D eigenvalue weighted by Gasteiger charge is 2.51. The molecule has 1 aromatic carbocycles. The zero-order valence-corrected chi connectivity index (χ0v) is 19.4. The minimum absolute atomic E-state index is 0.0754. The van der Waals surface area contributed by atoms with Gasteiger partial charge in [-0.15, -0.1) is 0 Å². The Labute approximate surface area is 162 Å². The van der Waals surface area contributed by atoms with Crippen LogP contribution in [0.4, 0.5) is 0 Å². The van der Waals surface area contributed by atoms with Gasteiger partial charge in [0.15, 0.2) is 8.32 Å². The lowest BCUT2D eigenvalue weighted by Gasteiger charge is -2.52. The second-order valence-corrected chi connectivity index (χ2v) is 15.7. The van der Waals surface area contributed by atoms with Crippen molar-refractivity contribution in [2.75, 3.05) is 5.33 Å². The first-order valence-electron chi connectivity index (χ1n) is 8.65. The first-order chi connectivity index (χ1) is 11.3. The number of benzene rings is 1. The van der Waals surface area contributed by atoms with E-state index in [1.807, 2.05) is 19.1 Å². The molecule has 1 aliphatic carbocycles. The van der Waals surface area contributed by atoms with Gasteiger partial charge in [0, 0.05) is 11.4 Å². The summed E-state index contributed by atoms with van der Waals surface area (Å²) < 4.78 is 34.5. The molecule has 1 fully saturated rings. The smallest absolute Gasteiger partial charge is 0.240 e. The first kappa shape index (κ1) is 21.1. The van der Waals surface area contributed by atoms with Gasteiger partial charge >= 0.3 is 0 Å². The molecule has 142 valence electrons. The van der Waals surface area contributed by atoms with Gasteiger partial charge in [0.2, 0.25) is 10.0 Å². The van der Waals surface area contributed by atoms with Crippen LogP contribution < -0.4 is 4.72 Å². The van der Waals surface area contributed by atoms with Crippen molar-refractivity contribution in [3.8, 4) is 0 Å². The van der Waals surface area contributed by atoms with Gasteiger partial charge < -0.3 is 4.43 Å². The number of nitrogens with one attached hydrogen (secondary N) is 1. The van der Waals surface area contributed by atoms with Gasteiger partial charge in [0.05, 0.1) is 10.5 Å². The molecule has 7 heteroatoms. The van der Waals surface area contributed by atoms with Crippen LogP contribution in [0.25, 0.3) is 0 Å². The van der Waals surface area contributed by atoms with Crippen LogP contribution in [0.3, 0.4) is 0 Å². The number of sulfonamides is 1. The van der Waals surface area contributed by atoms with Crippen LogP contribution in [0.1, 0.15) is 39.2 Å². The van der Waals surface area contributed by atoms with Crippen molar-refractivity contribution in [1.29, 1.82) is 0 Å². The summed E-state index contributed by atoms with van der Waals surface area (Å²) in [5.74, 6) is 0. The van der Waals surface area contributed by atoms with Crippen molar-refractivity contribution in [3.63, 3.8) is 0 Å². The van der Waals surface area contributed by atoms with Gasteiger partial charge in [-0.25, -0.2) is 13.1 Å². The fourth-order valence-electron chi connectivity index (χ4n) is 2.84. The molecule has 1 N–H and O–H groups in total. The standard InChI is InChI=1S/C18H30BrNO3SSi/c1-14-7-9-16(10-8-14)24(21,22)20-15-11-18(12-15,13-19)23-25(5,6)17(2,3)4/h7-10,15,20H,11-13H2,1-6H3. The van der Waals surface area contributed by atoms with Crippen molar-refractivity contribution >= 4 is 34.3 Å². The zero-order chi connectivity index (χ0) is 19.1. The Kier molecular flexibility index (Phi) is 5.97. The van der Waals surface area contributed by atoms with Crippen LogP contribution in [-0.2, 0) is 14.4 Å². The second kappa shape index (κ2) is 7.07. The Balaban J connectivity index is 2.03. The molecule has 0 heterocycles. The van der Waals surface area contributed by atoms with Crippen LogP contribution >= 0.6 is 15.9 Å². The van der Waals surface area contributed by atoms with E-state index in [0.29, 0.717) is 17.7 Å². The molecule has 4 nitrogen and oxygen atoms in total. The normalized spacial score (nSPS) is 24.8. The second-order valence-electron chi connectivity index (χ2n) is 8.72. The van der Waals surface area contributed by atoms with Gasteiger partial charge in [-0.1, -0.05) is 54.4 Å². The van der Waals surface area contributed by atoms with E-state index in [2.05, 4.69) is 54.5 Å². The molecule has 1 aromatic rings. The van der Waals surface area contributed by atoms with E-state index in [9.17, 15) is 8.42 Å². The summed E-state index contributed by atoms with van der Waals surface area (Å²) >= 11 is 3.58. The van der Waals surface area contributed by atoms with Gasteiger partial charge in [0.25, 0.3) is 0 Å². The maximum atomic E-state index is 12.5. The maximum Gasteiger partial charge on any atom is 0.240 e. The molecule has 0 aliphatic heterocycles. The lowest BCUT2D eigenvalue weighted by atomic mass is 9.78. The molecular formula is C18H30BrNO3SSi. The third-order valence-corrected chi connectivity index (χ3v) is 12.5. The molecule has 0 bridgehead atoms. The highest BCUT2D eigenvalue weighted by molar-refractivity contribution is 9.09. The zero-order valence-electron chi connectivity index (χ0n) is 16.0. The average Bonchev–Trinajstić information content (AvgIpc) is 2.43. The summed E-state index contributed by atoms with van der Waals surface area (Å²) in [5.41, 5.74) is 0.785. The molecule has 1 aliphatic rings. The molecule has 0 saturated heterocycles. The van der Waals surface area contributed by atoms with Crippen LogP contribution in [0.15, 0.2) is 29.2 Å². The topological polar surface area (TPSA) is 55.4 Å². The largest absolute Gasteiger partial charge is 0.410 e. The van der Waals surface area contributed by atoms with E-state index in [4.69, 9.17) is 4.43 Å². The maximum absolute atomic E-state index is 12.5. The van der Waals surface area contributed by atoms with Crippen molar-refractivity contribution in [2.24, 2.45) is 0 Å². The summed E-state index contributed by atoms with van der Waals surface area (Å²) in [6, 6.07) is 6.87. The highest BCUT2D eigenvalue weighted by Crippen LogP contribution is 2.46. The Hall–Kier alpha value is -0.213. The van der Waals surface area contributed by atoms with Gasteiger partial charge in [-0.05, 0) is 50.0 Å². The fourth-order valence-corrected chi connectivity index (χ4v) is 6.49. The molecule has 2 rings (SSSR count). The first-order valence-corrected chi connectivity index (χ1v) is 14.2. The summed E-state index contributed by atoms with van der Waals surface area (Å²) in [6.45, 7) is 13.1.